The largest absolute Gasteiger partial charge is 0.495 e. The van der Waals surface area contributed by atoms with Gasteiger partial charge in [0.05, 0.1) is 12.8 Å². The maximum Gasteiger partial charge on any atom is 0.226 e. The van der Waals surface area contributed by atoms with E-state index < -0.39 is 24.9 Å². The van der Waals surface area contributed by atoms with Crippen LogP contribution in [0.5, 0.6) is 5.75 Å². The van der Waals surface area contributed by atoms with Gasteiger partial charge in [0.15, 0.2) is 14.9 Å². The number of nitrogens with one attached hydrogen (secondary N) is 1. The van der Waals surface area contributed by atoms with Gasteiger partial charge in [-0.3, -0.25) is 0 Å². The SMILES string of the molecule is COc1ccc(CNS(=O)(=O)CS(C)(=O)=O)cc1N. The van der Waals surface area contributed by atoms with Gasteiger partial charge in [-0.05, 0) is 17.7 Å². The van der Waals surface area contributed by atoms with Gasteiger partial charge in [0.25, 0.3) is 0 Å². The summed E-state index contributed by atoms with van der Waals surface area (Å²) in [5.41, 5.74) is 6.66. The molecular formula is C10H16N2O5S2. The van der Waals surface area contributed by atoms with Crippen LogP contribution in [0.1, 0.15) is 5.56 Å². The van der Waals surface area contributed by atoms with Crippen LogP contribution in [0.3, 0.4) is 0 Å². The summed E-state index contributed by atoms with van der Waals surface area (Å²) in [5.74, 6) is 0.489. The zero-order valence-corrected chi connectivity index (χ0v) is 12.2. The third-order valence-electron chi connectivity index (χ3n) is 2.16. The zero-order valence-electron chi connectivity index (χ0n) is 10.6. The van der Waals surface area contributed by atoms with Gasteiger partial charge in [-0.25, -0.2) is 21.6 Å². The van der Waals surface area contributed by atoms with Crippen LogP contribution < -0.4 is 15.2 Å². The van der Waals surface area contributed by atoms with Crippen LogP contribution in [-0.2, 0) is 26.4 Å². The van der Waals surface area contributed by atoms with Crippen molar-refractivity contribution in [2.75, 3.05) is 24.2 Å². The smallest absolute Gasteiger partial charge is 0.226 e. The fourth-order valence-electron chi connectivity index (χ4n) is 1.41. The molecule has 108 valence electrons. The second kappa shape index (κ2) is 5.76. The number of methoxy groups -OCH3 is 1. The van der Waals surface area contributed by atoms with Crippen molar-refractivity contribution in [3.8, 4) is 5.75 Å². The number of nitrogens with two attached hydrogens (primary N) is 1. The highest BCUT2D eigenvalue weighted by Crippen LogP contribution is 2.21. The highest BCUT2D eigenvalue weighted by atomic mass is 32.3. The van der Waals surface area contributed by atoms with Crippen molar-refractivity contribution in [2.24, 2.45) is 0 Å². The standard InChI is InChI=1S/C10H16N2O5S2/c1-17-10-4-3-8(5-9(10)11)6-12-19(15,16)7-18(2,13)14/h3-5,12H,6-7,11H2,1-2H3. The van der Waals surface area contributed by atoms with E-state index in [1.54, 1.807) is 18.2 Å². The van der Waals surface area contributed by atoms with Gasteiger partial charge in [-0.2, -0.15) is 0 Å². The summed E-state index contributed by atoms with van der Waals surface area (Å²) in [6, 6.07) is 4.80. The Balaban J connectivity index is 2.75. The number of benzene rings is 1. The van der Waals surface area contributed by atoms with E-state index in [2.05, 4.69) is 4.72 Å². The molecule has 0 radical (unpaired) electrons. The van der Waals surface area contributed by atoms with Crippen molar-refractivity contribution in [3.05, 3.63) is 23.8 Å². The molecule has 0 fully saturated rings. The predicted molar refractivity (Wildman–Crippen MR) is 72.9 cm³/mol. The predicted octanol–water partition coefficient (Wildman–Crippen LogP) is -0.301. The van der Waals surface area contributed by atoms with E-state index in [-0.39, 0.29) is 6.54 Å². The lowest BCUT2D eigenvalue weighted by molar-refractivity contribution is 0.417. The summed E-state index contributed by atoms with van der Waals surface area (Å²) in [7, 11) is -6.00. The first kappa shape index (κ1) is 15.7. The van der Waals surface area contributed by atoms with E-state index in [1.165, 1.54) is 7.11 Å². The lowest BCUT2D eigenvalue weighted by Crippen LogP contribution is -2.29. The Morgan fingerprint density at radius 3 is 2.37 bits per heavy atom. The molecule has 0 aliphatic carbocycles. The molecule has 19 heavy (non-hydrogen) atoms. The van der Waals surface area contributed by atoms with Crippen molar-refractivity contribution in [1.29, 1.82) is 0 Å². The molecule has 0 saturated carbocycles. The first-order valence-corrected chi connectivity index (χ1v) is 8.92. The summed E-state index contributed by atoms with van der Waals surface area (Å²) >= 11 is 0. The van der Waals surface area contributed by atoms with Crippen LogP contribution in [-0.4, -0.2) is 35.3 Å². The summed E-state index contributed by atoms with van der Waals surface area (Å²) in [6.07, 6.45) is 0.859. The second-order valence-corrected chi connectivity index (χ2v) is 8.37. The van der Waals surface area contributed by atoms with Gasteiger partial charge in [-0.15, -0.1) is 0 Å². The highest BCUT2D eigenvalue weighted by Gasteiger charge is 2.17. The van der Waals surface area contributed by atoms with E-state index in [9.17, 15) is 16.8 Å². The molecule has 7 nitrogen and oxygen atoms in total. The lowest BCUT2D eigenvalue weighted by Gasteiger charge is -2.08. The molecule has 1 aromatic carbocycles. The van der Waals surface area contributed by atoms with Crippen LogP contribution in [0.4, 0.5) is 5.69 Å². The average Bonchev–Trinajstić information content (AvgIpc) is 2.23. The maximum absolute atomic E-state index is 11.5. The molecule has 0 amide bonds. The molecule has 0 unspecified atom stereocenters. The highest BCUT2D eigenvalue weighted by molar-refractivity contribution is 8.06. The Kier molecular flexibility index (Phi) is 4.77. The molecule has 0 bridgehead atoms. The van der Waals surface area contributed by atoms with Gasteiger partial charge in [0.2, 0.25) is 10.0 Å². The second-order valence-electron chi connectivity index (χ2n) is 4.06. The molecule has 1 aromatic rings. The molecule has 0 aliphatic rings. The number of hydrogen-bond acceptors (Lipinski definition) is 6. The number of rotatable bonds is 6. The maximum atomic E-state index is 11.5. The summed E-state index contributed by atoms with van der Waals surface area (Å²) < 4.78 is 52.0. The van der Waals surface area contributed by atoms with E-state index >= 15 is 0 Å². The summed E-state index contributed by atoms with van der Waals surface area (Å²) in [5, 5.41) is -0.939. The van der Waals surface area contributed by atoms with Gasteiger partial charge < -0.3 is 10.5 Å². The van der Waals surface area contributed by atoms with Crippen LogP contribution in [0, 0.1) is 0 Å². The Bertz CT molecular complexity index is 652. The van der Waals surface area contributed by atoms with Crippen molar-refractivity contribution >= 4 is 25.5 Å². The van der Waals surface area contributed by atoms with Crippen molar-refractivity contribution in [2.45, 2.75) is 6.54 Å². The molecule has 0 aliphatic heterocycles. The van der Waals surface area contributed by atoms with E-state index in [0.717, 1.165) is 6.26 Å². The minimum atomic E-state index is -3.88. The third kappa shape index (κ3) is 5.45. The van der Waals surface area contributed by atoms with Crippen LogP contribution in [0.15, 0.2) is 18.2 Å². The molecule has 3 N–H and O–H groups in total. The van der Waals surface area contributed by atoms with Crippen molar-refractivity contribution in [1.82, 2.24) is 4.72 Å². The Morgan fingerprint density at radius 2 is 1.89 bits per heavy atom. The number of sulfonamides is 1. The Labute approximate surface area is 112 Å². The first-order valence-electron chi connectivity index (χ1n) is 5.20. The van der Waals surface area contributed by atoms with Gasteiger partial charge in [-0.1, -0.05) is 6.07 Å². The van der Waals surface area contributed by atoms with Crippen LogP contribution in [0.2, 0.25) is 0 Å². The minimum absolute atomic E-state index is 0.0357. The Morgan fingerprint density at radius 1 is 1.26 bits per heavy atom. The number of hydrogen-bond donors (Lipinski definition) is 2. The first-order chi connectivity index (χ1) is 8.63. The van der Waals surface area contributed by atoms with Gasteiger partial charge >= 0.3 is 0 Å². The van der Waals surface area contributed by atoms with E-state index in [1.807, 2.05) is 0 Å². The van der Waals surface area contributed by atoms with Crippen molar-refractivity contribution in [3.63, 3.8) is 0 Å². The molecule has 0 saturated heterocycles. The molecule has 9 heteroatoms. The fourth-order valence-corrected chi connectivity index (χ4v) is 4.39. The quantitative estimate of drug-likeness (QED) is 0.697. The monoisotopic (exact) mass is 308 g/mol. The van der Waals surface area contributed by atoms with Crippen molar-refractivity contribution < 1.29 is 21.6 Å². The van der Waals surface area contributed by atoms with Gasteiger partial charge in [0.1, 0.15) is 5.75 Å². The fraction of sp³-hybridized carbons (Fsp3) is 0.400. The Hall–Kier alpha value is -1.32. The minimum Gasteiger partial charge on any atom is -0.495 e. The number of ether oxygens (including phenoxy) is 1. The number of sulfone groups is 1. The zero-order chi connectivity index (χ0) is 14.7. The number of nitrogen functional groups attached to an aromatic ring is 1. The molecule has 1 rings (SSSR count). The molecule has 0 spiro atoms. The molecule has 0 aromatic heterocycles. The lowest BCUT2D eigenvalue weighted by atomic mass is 10.2. The normalized spacial score (nSPS) is 12.3. The van der Waals surface area contributed by atoms with E-state index in [0.29, 0.717) is 17.0 Å². The van der Waals surface area contributed by atoms with Gasteiger partial charge in [0, 0.05) is 12.8 Å². The topological polar surface area (TPSA) is 116 Å². The third-order valence-corrected chi connectivity index (χ3v) is 5.70. The van der Waals surface area contributed by atoms with Crippen LogP contribution in [0.25, 0.3) is 0 Å². The molecule has 0 atom stereocenters. The molecule has 0 heterocycles. The van der Waals surface area contributed by atoms with Crippen LogP contribution >= 0.6 is 0 Å². The number of anilines is 1. The summed E-state index contributed by atoms with van der Waals surface area (Å²) in [4.78, 5) is 0. The van der Waals surface area contributed by atoms with E-state index in [4.69, 9.17) is 10.5 Å². The summed E-state index contributed by atoms with van der Waals surface area (Å²) in [6.45, 7) is -0.0357. The average molecular weight is 308 g/mol. The molecular weight excluding hydrogens is 292 g/mol.